The van der Waals surface area contributed by atoms with Gasteiger partial charge < -0.3 is 14.8 Å². The Labute approximate surface area is 112 Å². The molecule has 3 rings (SSSR count). The van der Waals surface area contributed by atoms with Crippen LogP contribution in [0, 0.1) is 6.92 Å². The summed E-state index contributed by atoms with van der Waals surface area (Å²) in [6, 6.07) is 7.88. The van der Waals surface area contributed by atoms with Gasteiger partial charge in [0.1, 0.15) is 11.6 Å². The van der Waals surface area contributed by atoms with Crippen LogP contribution >= 0.6 is 0 Å². The summed E-state index contributed by atoms with van der Waals surface area (Å²) in [5.41, 5.74) is 2.88. The van der Waals surface area contributed by atoms with Gasteiger partial charge in [0, 0.05) is 11.3 Å². The predicted molar refractivity (Wildman–Crippen MR) is 73.3 cm³/mol. The molecular formula is C15H18N2O2. The molecule has 1 aromatic heterocycles. The minimum Gasteiger partial charge on any atom is -0.497 e. The predicted octanol–water partition coefficient (Wildman–Crippen LogP) is 2.42. The third-order valence-corrected chi connectivity index (χ3v) is 3.89. The van der Waals surface area contributed by atoms with Crippen LogP contribution < -0.4 is 4.74 Å². The molecule has 0 spiro atoms. The molecule has 0 aliphatic heterocycles. The Hall–Kier alpha value is -1.81. The highest BCUT2D eigenvalue weighted by Crippen LogP contribution is 2.47. The smallest absolute Gasteiger partial charge is 0.119 e. The Bertz CT molecular complexity index is 600. The molecule has 2 aromatic rings. The SMILES string of the molecule is COc1cccc(-c2nc(C3(CO)CC3)[nH]c2C)c1. The third kappa shape index (κ3) is 2.02. The van der Waals surface area contributed by atoms with Crippen molar-refractivity contribution in [3.8, 4) is 17.0 Å². The van der Waals surface area contributed by atoms with E-state index in [1.165, 1.54) is 0 Å². The lowest BCUT2D eigenvalue weighted by Crippen LogP contribution is -2.13. The molecule has 1 aliphatic rings. The summed E-state index contributed by atoms with van der Waals surface area (Å²) in [6.07, 6.45) is 2.02. The van der Waals surface area contributed by atoms with Gasteiger partial charge in [-0.1, -0.05) is 12.1 Å². The molecule has 19 heavy (non-hydrogen) atoms. The number of hydrogen-bond donors (Lipinski definition) is 2. The molecule has 0 radical (unpaired) electrons. The molecule has 0 unspecified atom stereocenters. The van der Waals surface area contributed by atoms with Gasteiger partial charge in [-0.25, -0.2) is 4.98 Å². The summed E-state index contributed by atoms with van der Waals surface area (Å²) >= 11 is 0. The standard InChI is InChI=1S/C15H18N2O2/c1-10-13(11-4-3-5-12(8-11)19-2)17-14(16-10)15(9-18)6-7-15/h3-5,8,18H,6-7,9H2,1-2H3,(H,16,17). The minimum atomic E-state index is -0.123. The van der Waals surface area contributed by atoms with E-state index >= 15 is 0 Å². The first-order valence-corrected chi connectivity index (χ1v) is 6.51. The lowest BCUT2D eigenvalue weighted by molar-refractivity contribution is 0.250. The molecule has 1 saturated carbocycles. The number of ether oxygens (including phenoxy) is 1. The van der Waals surface area contributed by atoms with Crippen molar-refractivity contribution >= 4 is 0 Å². The average molecular weight is 258 g/mol. The Kier molecular flexibility index (Phi) is 2.82. The Balaban J connectivity index is 2.01. The van der Waals surface area contributed by atoms with E-state index in [0.29, 0.717) is 0 Å². The van der Waals surface area contributed by atoms with E-state index in [9.17, 15) is 5.11 Å². The van der Waals surface area contributed by atoms with Crippen molar-refractivity contribution in [2.45, 2.75) is 25.2 Å². The number of imidazole rings is 1. The highest BCUT2D eigenvalue weighted by atomic mass is 16.5. The molecule has 1 aromatic carbocycles. The van der Waals surface area contributed by atoms with Gasteiger partial charge in [0.15, 0.2) is 0 Å². The van der Waals surface area contributed by atoms with Crippen molar-refractivity contribution in [2.75, 3.05) is 13.7 Å². The second kappa shape index (κ2) is 4.38. The van der Waals surface area contributed by atoms with Crippen LogP contribution in [0.3, 0.4) is 0 Å². The number of benzene rings is 1. The van der Waals surface area contributed by atoms with Gasteiger partial charge in [-0.2, -0.15) is 0 Å². The topological polar surface area (TPSA) is 58.1 Å². The van der Waals surface area contributed by atoms with Crippen LogP contribution in [0.25, 0.3) is 11.3 Å². The van der Waals surface area contributed by atoms with Crippen LogP contribution in [-0.2, 0) is 5.41 Å². The summed E-state index contributed by atoms with van der Waals surface area (Å²) in [7, 11) is 1.66. The molecule has 4 nitrogen and oxygen atoms in total. The van der Waals surface area contributed by atoms with Crippen molar-refractivity contribution in [2.24, 2.45) is 0 Å². The Morgan fingerprint density at radius 3 is 2.84 bits per heavy atom. The van der Waals surface area contributed by atoms with E-state index in [2.05, 4.69) is 9.97 Å². The number of aliphatic hydroxyl groups is 1. The van der Waals surface area contributed by atoms with Crippen LogP contribution in [0.4, 0.5) is 0 Å². The van der Waals surface area contributed by atoms with Crippen LogP contribution in [-0.4, -0.2) is 28.8 Å². The molecule has 0 bridgehead atoms. The molecule has 0 atom stereocenters. The second-order valence-electron chi connectivity index (χ2n) is 5.23. The number of aromatic nitrogens is 2. The van der Waals surface area contributed by atoms with Crippen molar-refractivity contribution in [1.82, 2.24) is 9.97 Å². The number of aliphatic hydroxyl groups excluding tert-OH is 1. The highest BCUT2D eigenvalue weighted by molar-refractivity contribution is 5.64. The summed E-state index contributed by atoms with van der Waals surface area (Å²) in [4.78, 5) is 8.01. The fourth-order valence-electron chi connectivity index (χ4n) is 2.38. The van der Waals surface area contributed by atoms with E-state index < -0.39 is 0 Å². The summed E-state index contributed by atoms with van der Waals surface area (Å²) in [5, 5.41) is 9.48. The number of aryl methyl sites for hydroxylation is 1. The van der Waals surface area contributed by atoms with Crippen LogP contribution in [0.1, 0.15) is 24.4 Å². The van der Waals surface area contributed by atoms with Crippen LogP contribution in [0.5, 0.6) is 5.75 Å². The number of nitrogens with zero attached hydrogens (tertiary/aromatic N) is 1. The van der Waals surface area contributed by atoms with Gasteiger partial charge in [0.25, 0.3) is 0 Å². The van der Waals surface area contributed by atoms with Gasteiger partial charge in [-0.05, 0) is 31.9 Å². The monoisotopic (exact) mass is 258 g/mol. The molecule has 4 heteroatoms. The average Bonchev–Trinajstić information content (AvgIpc) is 3.16. The van der Waals surface area contributed by atoms with Crippen molar-refractivity contribution < 1.29 is 9.84 Å². The Morgan fingerprint density at radius 2 is 2.21 bits per heavy atom. The quantitative estimate of drug-likeness (QED) is 0.885. The van der Waals surface area contributed by atoms with Crippen LogP contribution in [0.15, 0.2) is 24.3 Å². The van der Waals surface area contributed by atoms with E-state index in [-0.39, 0.29) is 12.0 Å². The lowest BCUT2D eigenvalue weighted by atomic mass is 10.1. The van der Waals surface area contributed by atoms with Crippen LogP contribution in [0.2, 0.25) is 0 Å². The van der Waals surface area contributed by atoms with E-state index in [4.69, 9.17) is 4.74 Å². The van der Waals surface area contributed by atoms with E-state index in [0.717, 1.165) is 41.4 Å². The number of methoxy groups -OCH3 is 1. The fourth-order valence-corrected chi connectivity index (χ4v) is 2.38. The molecule has 100 valence electrons. The second-order valence-corrected chi connectivity index (χ2v) is 5.23. The third-order valence-electron chi connectivity index (χ3n) is 3.89. The van der Waals surface area contributed by atoms with E-state index in [1.54, 1.807) is 7.11 Å². The van der Waals surface area contributed by atoms with Gasteiger partial charge in [-0.15, -0.1) is 0 Å². The van der Waals surface area contributed by atoms with Gasteiger partial charge in [0.2, 0.25) is 0 Å². The zero-order chi connectivity index (χ0) is 13.5. The first-order valence-electron chi connectivity index (χ1n) is 6.51. The van der Waals surface area contributed by atoms with Gasteiger partial charge >= 0.3 is 0 Å². The van der Waals surface area contributed by atoms with E-state index in [1.807, 2.05) is 31.2 Å². The molecule has 1 fully saturated rings. The summed E-state index contributed by atoms with van der Waals surface area (Å²) in [5.74, 6) is 1.73. The minimum absolute atomic E-state index is 0.123. The molecule has 0 saturated heterocycles. The largest absolute Gasteiger partial charge is 0.497 e. The summed E-state index contributed by atoms with van der Waals surface area (Å²) < 4.78 is 5.25. The first-order chi connectivity index (χ1) is 9.18. The lowest BCUT2D eigenvalue weighted by Gasteiger charge is -2.06. The maximum absolute atomic E-state index is 9.48. The molecule has 1 heterocycles. The number of nitrogens with one attached hydrogen (secondary N) is 1. The maximum atomic E-state index is 9.48. The molecule has 0 amide bonds. The van der Waals surface area contributed by atoms with Crippen molar-refractivity contribution in [3.63, 3.8) is 0 Å². The first kappa shape index (κ1) is 12.2. The number of aromatic amines is 1. The van der Waals surface area contributed by atoms with Gasteiger partial charge in [-0.3, -0.25) is 0 Å². The summed E-state index contributed by atoms with van der Waals surface area (Å²) in [6.45, 7) is 2.18. The number of rotatable bonds is 4. The van der Waals surface area contributed by atoms with Crippen molar-refractivity contribution in [3.05, 3.63) is 35.8 Å². The number of hydrogen-bond acceptors (Lipinski definition) is 3. The zero-order valence-corrected chi connectivity index (χ0v) is 11.2. The van der Waals surface area contributed by atoms with Gasteiger partial charge in [0.05, 0.1) is 24.8 Å². The highest BCUT2D eigenvalue weighted by Gasteiger charge is 2.46. The molecule has 1 aliphatic carbocycles. The maximum Gasteiger partial charge on any atom is 0.119 e. The fraction of sp³-hybridized carbons (Fsp3) is 0.400. The number of H-pyrrole nitrogens is 1. The normalized spacial score (nSPS) is 16.4. The van der Waals surface area contributed by atoms with Crippen molar-refractivity contribution in [1.29, 1.82) is 0 Å². The zero-order valence-electron chi connectivity index (χ0n) is 11.2. The molecular weight excluding hydrogens is 240 g/mol. The Morgan fingerprint density at radius 1 is 1.42 bits per heavy atom. The molecule has 2 N–H and O–H groups in total.